The zero-order chi connectivity index (χ0) is 21.1. The number of urea groups is 1. The lowest BCUT2D eigenvalue weighted by Crippen LogP contribution is -2.46. The predicted molar refractivity (Wildman–Crippen MR) is 109 cm³/mol. The molecule has 7 nitrogen and oxygen atoms in total. The Morgan fingerprint density at radius 3 is 2.38 bits per heavy atom. The molecule has 0 unspecified atom stereocenters. The number of carbonyl (C=O) groups excluding carboxylic acids is 4. The Kier molecular flexibility index (Phi) is 6.35. The third-order valence-electron chi connectivity index (χ3n) is 6.16. The summed E-state index contributed by atoms with van der Waals surface area (Å²) >= 11 is 0. The van der Waals surface area contributed by atoms with Crippen LogP contribution in [0.1, 0.15) is 64.4 Å². The van der Waals surface area contributed by atoms with E-state index in [4.69, 9.17) is 0 Å². The van der Waals surface area contributed by atoms with Gasteiger partial charge in [0.25, 0.3) is 0 Å². The Bertz CT molecular complexity index is 805. The lowest BCUT2D eigenvalue weighted by molar-refractivity contribution is -0.145. The maximum atomic E-state index is 12.7. The number of nitrogens with zero attached hydrogens (tertiary/aromatic N) is 2. The summed E-state index contributed by atoms with van der Waals surface area (Å²) in [5.74, 6) is -1.66. The van der Waals surface area contributed by atoms with Crippen molar-refractivity contribution < 1.29 is 19.2 Å². The van der Waals surface area contributed by atoms with Crippen molar-refractivity contribution in [3.8, 4) is 0 Å². The van der Waals surface area contributed by atoms with Gasteiger partial charge in [0.2, 0.25) is 5.91 Å². The van der Waals surface area contributed by atoms with Crippen molar-refractivity contribution >= 4 is 29.4 Å². The van der Waals surface area contributed by atoms with Gasteiger partial charge in [-0.05, 0) is 48.8 Å². The van der Waals surface area contributed by atoms with Gasteiger partial charge >= 0.3 is 17.8 Å². The van der Waals surface area contributed by atoms with Crippen LogP contribution in [0.2, 0.25) is 0 Å². The van der Waals surface area contributed by atoms with Crippen LogP contribution in [0.4, 0.5) is 10.5 Å². The Balaban J connectivity index is 1.64. The van der Waals surface area contributed by atoms with Crippen LogP contribution >= 0.6 is 0 Å². The molecule has 156 valence electrons. The number of hydrogen-bond acceptors (Lipinski definition) is 4. The highest BCUT2D eigenvalue weighted by atomic mass is 16.2. The first-order chi connectivity index (χ1) is 13.8. The molecule has 7 heteroatoms. The van der Waals surface area contributed by atoms with Crippen molar-refractivity contribution in [2.75, 3.05) is 11.9 Å². The minimum absolute atomic E-state index is 0.155. The van der Waals surface area contributed by atoms with Crippen molar-refractivity contribution in [2.45, 2.75) is 64.8 Å². The standard InChI is InChI=1S/C22H29N3O4/c1-4-14(2)16-9-11-17(12-10-16)23-19(26)13-24-20(27)21(28)25(22(24)29)18-8-6-5-7-15(18)3/h9-12,14-15,18H,4-8,13H2,1-3H3,(H,23,26)/t14-,15+,18-/m1/s1. The fourth-order valence-electron chi connectivity index (χ4n) is 4.11. The van der Waals surface area contributed by atoms with E-state index in [1.807, 2.05) is 19.1 Å². The fourth-order valence-corrected chi connectivity index (χ4v) is 4.11. The molecule has 0 bridgehead atoms. The molecular formula is C22H29N3O4. The van der Waals surface area contributed by atoms with Crippen molar-refractivity contribution in [1.82, 2.24) is 9.80 Å². The van der Waals surface area contributed by atoms with Crippen LogP contribution in [0.15, 0.2) is 24.3 Å². The normalized spacial score (nSPS) is 23.5. The molecule has 2 fully saturated rings. The van der Waals surface area contributed by atoms with Gasteiger partial charge in [0.05, 0.1) is 0 Å². The quantitative estimate of drug-likeness (QED) is 0.586. The van der Waals surface area contributed by atoms with Gasteiger partial charge in [-0.2, -0.15) is 0 Å². The van der Waals surface area contributed by atoms with E-state index in [0.29, 0.717) is 18.0 Å². The summed E-state index contributed by atoms with van der Waals surface area (Å²) in [6, 6.07) is 6.55. The number of rotatable bonds is 6. The van der Waals surface area contributed by atoms with E-state index in [0.717, 1.165) is 35.5 Å². The molecule has 3 rings (SSSR count). The molecule has 0 radical (unpaired) electrons. The third-order valence-corrected chi connectivity index (χ3v) is 6.16. The molecule has 5 amide bonds. The number of imide groups is 2. The van der Waals surface area contributed by atoms with Gasteiger partial charge in [-0.3, -0.25) is 19.3 Å². The Morgan fingerprint density at radius 1 is 1.10 bits per heavy atom. The number of benzene rings is 1. The lowest BCUT2D eigenvalue weighted by Gasteiger charge is -2.34. The summed E-state index contributed by atoms with van der Waals surface area (Å²) in [6.45, 7) is 5.78. The Hall–Kier alpha value is -2.70. The largest absolute Gasteiger partial charge is 0.334 e. The number of hydrogen-bond donors (Lipinski definition) is 1. The van der Waals surface area contributed by atoms with Crippen LogP contribution < -0.4 is 5.32 Å². The zero-order valence-corrected chi connectivity index (χ0v) is 17.3. The van der Waals surface area contributed by atoms with Gasteiger partial charge in [-0.1, -0.05) is 45.7 Å². The predicted octanol–water partition coefficient (Wildman–Crippen LogP) is 3.51. The summed E-state index contributed by atoms with van der Waals surface area (Å²) in [6.07, 6.45) is 4.63. The van der Waals surface area contributed by atoms with Gasteiger partial charge in [0, 0.05) is 11.7 Å². The van der Waals surface area contributed by atoms with Crippen LogP contribution in [0.5, 0.6) is 0 Å². The first-order valence-electron chi connectivity index (χ1n) is 10.4. The van der Waals surface area contributed by atoms with E-state index >= 15 is 0 Å². The molecule has 29 heavy (non-hydrogen) atoms. The molecule has 1 aromatic rings. The van der Waals surface area contributed by atoms with Gasteiger partial charge in [0.1, 0.15) is 6.54 Å². The molecule has 1 saturated carbocycles. The zero-order valence-electron chi connectivity index (χ0n) is 17.3. The molecule has 0 spiro atoms. The molecule has 1 heterocycles. The summed E-state index contributed by atoms with van der Waals surface area (Å²) in [4.78, 5) is 51.7. The summed E-state index contributed by atoms with van der Waals surface area (Å²) < 4.78 is 0. The van der Waals surface area contributed by atoms with Crippen molar-refractivity contribution in [3.63, 3.8) is 0 Å². The van der Waals surface area contributed by atoms with Crippen molar-refractivity contribution in [1.29, 1.82) is 0 Å². The lowest BCUT2D eigenvalue weighted by atomic mass is 9.85. The molecule has 2 aliphatic rings. The molecule has 1 N–H and O–H groups in total. The second-order valence-corrected chi connectivity index (χ2v) is 8.16. The van der Waals surface area contributed by atoms with E-state index in [9.17, 15) is 19.2 Å². The van der Waals surface area contributed by atoms with Crippen LogP contribution in [-0.2, 0) is 14.4 Å². The van der Waals surface area contributed by atoms with Crippen LogP contribution in [0.3, 0.4) is 0 Å². The van der Waals surface area contributed by atoms with Crippen LogP contribution in [-0.4, -0.2) is 46.1 Å². The molecule has 1 aliphatic carbocycles. The molecule has 1 saturated heterocycles. The van der Waals surface area contributed by atoms with Gasteiger partial charge < -0.3 is 5.32 Å². The molecular weight excluding hydrogens is 370 g/mol. The first-order valence-corrected chi connectivity index (χ1v) is 10.4. The smallest absolute Gasteiger partial charge is 0.325 e. The summed E-state index contributed by atoms with van der Waals surface area (Å²) in [5, 5.41) is 2.70. The fraction of sp³-hybridized carbons (Fsp3) is 0.545. The van der Waals surface area contributed by atoms with E-state index in [-0.39, 0.29) is 12.0 Å². The SMILES string of the molecule is CC[C@@H](C)c1ccc(NC(=O)CN2C(=O)C(=O)N([C@@H]3CCCC[C@@H]3C)C2=O)cc1. The minimum atomic E-state index is -0.921. The summed E-state index contributed by atoms with van der Waals surface area (Å²) in [5.41, 5.74) is 1.77. The number of nitrogens with one attached hydrogen (secondary N) is 1. The van der Waals surface area contributed by atoms with Gasteiger partial charge in [-0.15, -0.1) is 0 Å². The maximum absolute atomic E-state index is 12.7. The highest BCUT2D eigenvalue weighted by molar-refractivity contribution is 6.45. The molecule has 3 atom stereocenters. The van der Waals surface area contributed by atoms with E-state index in [1.54, 1.807) is 12.1 Å². The first kappa shape index (κ1) is 21.0. The van der Waals surface area contributed by atoms with E-state index in [2.05, 4.69) is 19.2 Å². The van der Waals surface area contributed by atoms with Crippen molar-refractivity contribution in [3.05, 3.63) is 29.8 Å². The van der Waals surface area contributed by atoms with Gasteiger partial charge in [0.15, 0.2) is 0 Å². The number of amides is 5. The molecule has 0 aromatic heterocycles. The second kappa shape index (κ2) is 8.76. The minimum Gasteiger partial charge on any atom is -0.325 e. The van der Waals surface area contributed by atoms with Crippen LogP contribution in [0.25, 0.3) is 0 Å². The highest BCUT2D eigenvalue weighted by Crippen LogP contribution is 2.31. The maximum Gasteiger partial charge on any atom is 0.334 e. The van der Waals surface area contributed by atoms with Crippen molar-refractivity contribution in [2.24, 2.45) is 5.92 Å². The highest BCUT2D eigenvalue weighted by Gasteiger charge is 2.49. The van der Waals surface area contributed by atoms with Crippen LogP contribution in [0, 0.1) is 5.92 Å². The van der Waals surface area contributed by atoms with Gasteiger partial charge in [-0.25, -0.2) is 9.69 Å². The third kappa shape index (κ3) is 4.33. The summed E-state index contributed by atoms with van der Waals surface area (Å²) in [7, 11) is 0. The number of anilines is 1. The topological polar surface area (TPSA) is 86.8 Å². The number of carbonyl (C=O) groups is 4. The van der Waals surface area contributed by atoms with E-state index in [1.165, 1.54) is 5.56 Å². The monoisotopic (exact) mass is 399 g/mol. The van der Waals surface area contributed by atoms with E-state index < -0.39 is 30.3 Å². The molecule has 1 aliphatic heterocycles. The second-order valence-electron chi connectivity index (χ2n) is 8.16. The average Bonchev–Trinajstić information content (AvgIpc) is 2.92. The Morgan fingerprint density at radius 2 is 1.76 bits per heavy atom. The average molecular weight is 399 g/mol. The molecule has 1 aromatic carbocycles. The Labute approximate surface area is 171 Å².